The van der Waals surface area contributed by atoms with Gasteiger partial charge in [0.05, 0.1) is 5.52 Å². The van der Waals surface area contributed by atoms with E-state index in [2.05, 4.69) is 63.6 Å². The minimum Gasteiger partial charge on any atom is -0.397 e. The lowest BCUT2D eigenvalue weighted by Gasteiger charge is -2.38. The van der Waals surface area contributed by atoms with Gasteiger partial charge in [0.2, 0.25) is 0 Å². The number of hydrogen-bond donors (Lipinski definition) is 0. The zero-order valence-corrected chi connectivity index (χ0v) is 17.5. The van der Waals surface area contributed by atoms with E-state index in [9.17, 15) is 4.79 Å². The number of Topliss-reactive ketones (excluding diaryl/α,β-unsaturated/α-hetero) is 1. The van der Waals surface area contributed by atoms with E-state index in [0.717, 1.165) is 30.3 Å². The molecular formula is C21H31NO2Si. The number of carbonyl (C=O) groups is 1. The molecule has 1 aliphatic rings. The minimum atomic E-state index is -1.83. The summed E-state index contributed by atoms with van der Waals surface area (Å²) in [6.07, 6.45) is 3.69. The molecule has 0 aliphatic carbocycles. The first-order valence-electron chi connectivity index (χ1n) is 9.49. The molecule has 1 unspecified atom stereocenters. The fourth-order valence-corrected chi connectivity index (χ4v) is 4.64. The number of hydrogen-bond acceptors (Lipinski definition) is 2. The topological polar surface area (TPSA) is 31.2 Å². The van der Waals surface area contributed by atoms with Crippen LogP contribution in [-0.4, -0.2) is 18.7 Å². The quantitative estimate of drug-likeness (QED) is 0.479. The van der Waals surface area contributed by atoms with Crippen molar-refractivity contribution in [2.45, 2.75) is 77.7 Å². The number of fused-ring (bicyclic) bond motifs is 3. The first-order chi connectivity index (χ1) is 11.6. The Bertz CT molecular complexity index is 798. The number of rotatable bonds is 5. The van der Waals surface area contributed by atoms with Gasteiger partial charge in [0, 0.05) is 17.7 Å². The van der Waals surface area contributed by atoms with Crippen molar-refractivity contribution in [3.63, 3.8) is 0 Å². The average Bonchev–Trinajstić information content (AvgIpc) is 3.05. The van der Waals surface area contributed by atoms with E-state index < -0.39 is 8.32 Å². The third-order valence-corrected chi connectivity index (χ3v) is 10.4. The van der Waals surface area contributed by atoms with Crippen molar-refractivity contribution >= 4 is 25.0 Å². The predicted octanol–water partition coefficient (Wildman–Crippen LogP) is 6.09. The lowest BCUT2D eigenvalue weighted by Crippen LogP contribution is -2.42. The fraction of sp³-hybridized carbons (Fsp3) is 0.571. The fourth-order valence-electron chi connectivity index (χ4n) is 3.38. The normalized spacial score (nSPS) is 17.9. The van der Waals surface area contributed by atoms with Crippen molar-refractivity contribution in [2.24, 2.45) is 0 Å². The third-order valence-electron chi connectivity index (χ3n) is 5.89. The number of aromatic nitrogens is 1. The monoisotopic (exact) mass is 357 g/mol. The van der Waals surface area contributed by atoms with Crippen molar-refractivity contribution in [2.75, 3.05) is 0 Å². The van der Waals surface area contributed by atoms with Gasteiger partial charge in [0.1, 0.15) is 6.23 Å². The molecule has 0 N–H and O–H groups in total. The lowest BCUT2D eigenvalue weighted by molar-refractivity contribution is 0.0981. The maximum Gasteiger partial charge on any atom is 0.194 e. The van der Waals surface area contributed by atoms with Gasteiger partial charge in [-0.15, -0.1) is 0 Å². The van der Waals surface area contributed by atoms with Gasteiger partial charge >= 0.3 is 0 Å². The molecule has 3 nitrogen and oxygen atoms in total. The van der Waals surface area contributed by atoms with Gasteiger partial charge in [0.15, 0.2) is 14.1 Å². The average molecular weight is 358 g/mol. The standard InChI is InChI=1S/C21H31NO2Si/c1-7-8-19(23)16-10-9-15-13-17-11-12-20(22(17)18(15)14-16)24-25(5,6)21(2,3)4/h9-10,13-14,20H,7-8,11-12H2,1-6H3. The van der Waals surface area contributed by atoms with Crippen LogP contribution in [0.5, 0.6) is 0 Å². The van der Waals surface area contributed by atoms with E-state index in [-0.39, 0.29) is 17.0 Å². The highest BCUT2D eigenvalue weighted by Crippen LogP contribution is 2.42. The number of benzene rings is 1. The van der Waals surface area contributed by atoms with E-state index in [1.165, 1.54) is 11.1 Å². The van der Waals surface area contributed by atoms with E-state index in [4.69, 9.17) is 4.43 Å². The van der Waals surface area contributed by atoms with Gasteiger partial charge in [-0.2, -0.15) is 0 Å². The predicted molar refractivity (Wildman–Crippen MR) is 107 cm³/mol. The molecule has 1 atom stereocenters. The summed E-state index contributed by atoms with van der Waals surface area (Å²) in [4.78, 5) is 12.3. The Morgan fingerprint density at radius 1 is 1.28 bits per heavy atom. The molecule has 0 fully saturated rings. The summed E-state index contributed by atoms with van der Waals surface area (Å²) in [5.41, 5.74) is 3.31. The smallest absolute Gasteiger partial charge is 0.194 e. The van der Waals surface area contributed by atoms with Crippen LogP contribution in [0.25, 0.3) is 10.9 Å². The van der Waals surface area contributed by atoms with E-state index in [0.29, 0.717) is 6.42 Å². The number of nitrogens with zero attached hydrogens (tertiary/aromatic N) is 1. The van der Waals surface area contributed by atoms with Crippen LogP contribution in [0, 0.1) is 0 Å². The van der Waals surface area contributed by atoms with E-state index >= 15 is 0 Å². The molecule has 25 heavy (non-hydrogen) atoms. The molecule has 3 rings (SSSR count). The SMILES string of the molecule is CCCC(=O)c1ccc2cc3n(c2c1)C(O[Si](C)(C)C(C)(C)C)CC3. The van der Waals surface area contributed by atoms with Gasteiger partial charge in [0.25, 0.3) is 0 Å². The Morgan fingerprint density at radius 2 is 2.00 bits per heavy atom. The second-order valence-electron chi connectivity index (χ2n) is 8.82. The van der Waals surface area contributed by atoms with Crippen LogP contribution in [0.1, 0.15) is 69.2 Å². The van der Waals surface area contributed by atoms with Crippen molar-refractivity contribution in [3.05, 3.63) is 35.5 Å². The van der Waals surface area contributed by atoms with Gasteiger partial charge in [-0.3, -0.25) is 4.79 Å². The van der Waals surface area contributed by atoms with Crippen LogP contribution in [0.3, 0.4) is 0 Å². The third kappa shape index (κ3) is 3.34. The molecule has 4 heteroatoms. The molecule has 1 aromatic heterocycles. The molecule has 0 saturated carbocycles. The molecule has 0 amide bonds. The molecule has 0 radical (unpaired) electrons. The van der Waals surface area contributed by atoms with Crippen molar-refractivity contribution < 1.29 is 9.22 Å². The molecule has 0 saturated heterocycles. The first-order valence-corrected chi connectivity index (χ1v) is 12.4. The van der Waals surface area contributed by atoms with Crippen LogP contribution in [0.15, 0.2) is 24.3 Å². The molecular weight excluding hydrogens is 326 g/mol. The molecule has 1 aliphatic heterocycles. The highest BCUT2D eigenvalue weighted by molar-refractivity contribution is 6.74. The summed E-state index contributed by atoms with van der Waals surface area (Å²) >= 11 is 0. The Balaban J connectivity index is 1.98. The number of carbonyl (C=O) groups excluding carboxylic acids is 1. The Hall–Kier alpha value is -1.39. The van der Waals surface area contributed by atoms with Crippen LogP contribution < -0.4 is 0 Å². The van der Waals surface area contributed by atoms with Crippen LogP contribution in [0.2, 0.25) is 18.1 Å². The Labute approximate surface area is 152 Å². The first kappa shape index (κ1) is 18.4. The van der Waals surface area contributed by atoms with Gasteiger partial charge in [-0.25, -0.2) is 0 Å². The van der Waals surface area contributed by atoms with Gasteiger partial charge < -0.3 is 8.99 Å². The molecule has 136 valence electrons. The summed E-state index contributed by atoms with van der Waals surface area (Å²) in [7, 11) is -1.83. The van der Waals surface area contributed by atoms with Crippen molar-refractivity contribution in [3.8, 4) is 0 Å². The van der Waals surface area contributed by atoms with Crippen LogP contribution >= 0.6 is 0 Å². The summed E-state index contributed by atoms with van der Waals surface area (Å²) in [5.74, 6) is 0.236. The summed E-state index contributed by atoms with van der Waals surface area (Å²) in [6, 6.07) is 8.40. The molecule has 2 heterocycles. The molecule has 1 aromatic carbocycles. The number of aryl methyl sites for hydroxylation is 1. The van der Waals surface area contributed by atoms with Crippen molar-refractivity contribution in [1.82, 2.24) is 4.57 Å². The number of ketones is 1. The highest BCUT2D eigenvalue weighted by Gasteiger charge is 2.41. The molecule has 0 spiro atoms. The van der Waals surface area contributed by atoms with Crippen LogP contribution in [0.4, 0.5) is 0 Å². The summed E-state index contributed by atoms with van der Waals surface area (Å²) < 4.78 is 9.07. The second-order valence-corrected chi connectivity index (χ2v) is 13.6. The van der Waals surface area contributed by atoms with E-state index in [1.807, 2.05) is 6.07 Å². The lowest BCUT2D eigenvalue weighted by atomic mass is 10.1. The van der Waals surface area contributed by atoms with Crippen LogP contribution in [-0.2, 0) is 10.8 Å². The highest BCUT2D eigenvalue weighted by atomic mass is 28.4. The summed E-state index contributed by atoms with van der Waals surface area (Å²) in [6.45, 7) is 13.5. The minimum absolute atomic E-state index is 0.102. The van der Waals surface area contributed by atoms with Gasteiger partial charge in [-0.1, -0.05) is 39.8 Å². The maximum absolute atomic E-state index is 12.3. The Kier molecular flexibility index (Phi) is 4.71. The molecule has 0 bridgehead atoms. The zero-order valence-electron chi connectivity index (χ0n) is 16.5. The van der Waals surface area contributed by atoms with E-state index in [1.54, 1.807) is 0 Å². The Morgan fingerprint density at radius 3 is 2.64 bits per heavy atom. The second kappa shape index (κ2) is 6.40. The molecule has 2 aromatic rings. The zero-order chi connectivity index (χ0) is 18.4. The largest absolute Gasteiger partial charge is 0.397 e. The van der Waals surface area contributed by atoms with Crippen molar-refractivity contribution in [1.29, 1.82) is 0 Å². The summed E-state index contributed by atoms with van der Waals surface area (Å²) in [5, 5.41) is 1.41. The maximum atomic E-state index is 12.3. The van der Waals surface area contributed by atoms with Gasteiger partial charge in [-0.05, 0) is 54.9 Å².